The van der Waals surface area contributed by atoms with Crippen LogP contribution < -0.4 is 15.0 Å². The molecule has 2 N–H and O–H groups in total. The van der Waals surface area contributed by atoms with Gasteiger partial charge >= 0.3 is 12.1 Å². The molecule has 3 amide bonds. The van der Waals surface area contributed by atoms with Gasteiger partial charge in [-0.3, -0.25) is 14.9 Å². The predicted octanol–water partition coefficient (Wildman–Crippen LogP) is 4.56. The third-order valence-corrected chi connectivity index (χ3v) is 10.5. The highest BCUT2D eigenvalue weighted by atomic mass is 35.5. The van der Waals surface area contributed by atoms with Gasteiger partial charge in [-0.15, -0.1) is 0 Å². The first-order valence-corrected chi connectivity index (χ1v) is 17.4. The second kappa shape index (κ2) is 15.1. The third-order valence-electron chi connectivity index (χ3n) is 10.1. The Hall–Kier alpha value is -3.65. The highest BCUT2D eigenvalue weighted by Gasteiger charge is 2.64. The number of fused-ring (bicyclic) bond motifs is 5. The molecule has 4 rings (SSSR count). The van der Waals surface area contributed by atoms with E-state index in [0.29, 0.717) is 17.9 Å². The van der Waals surface area contributed by atoms with Crippen LogP contribution in [0, 0.1) is 11.3 Å². The molecule has 3 aliphatic heterocycles. The number of nitrogens with one attached hydrogen (secondary N) is 1. The van der Waals surface area contributed by atoms with Crippen molar-refractivity contribution in [2.45, 2.75) is 110 Å². The Morgan fingerprint density at radius 3 is 2.49 bits per heavy atom. The molecule has 2 saturated heterocycles. The summed E-state index contributed by atoms with van der Waals surface area (Å²) in [4.78, 5) is 56.3. The largest absolute Gasteiger partial charge is 0.495 e. The average molecular weight is 734 g/mol. The Balaban J connectivity index is 1.78. The maximum Gasteiger partial charge on any atom is 0.409 e. The van der Waals surface area contributed by atoms with Crippen molar-refractivity contribution in [2.24, 2.45) is 11.3 Å². The van der Waals surface area contributed by atoms with E-state index in [-0.39, 0.29) is 23.8 Å². The van der Waals surface area contributed by atoms with E-state index in [0.717, 1.165) is 11.1 Å². The quantitative estimate of drug-likeness (QED) is 0.325. The number of carbonyl (C=O) groups excluding carboxylic acids is 4. The molecule has 0 spiro atoms. The van der Waals surface area contributed by atoms with E-state index >= 15 is 0 Å². The van der Waals surface area contributed by atoms with Crippen LogP contribution >= 0.6 is 11.6 Å². The van der Waals surface area contributed by atoms with Gasteiger partial charge in [-0.2, -0.15) is 0 Å². The van der Waals surface area contributed by atoms with E-state index in [1.165, 1.54) is 31.1 Å². The highest BCUT2D eigenvalue weighted by molar-refractivity contribution is 6.35. The fourth-order valence-corrected chi connectivity index (χ4v) is 7.02. The van der Waals surface area contributed by atoms with Crippen LogP contribution in [0.25, 0.3) is 0 Å². The van der Waals surface area contributed by atoms with E-state index in [9.17, 15) is 24.3 Å². The minimum atomic E-state index is -1.82. The number of allylic oxidation sites excluding steroid dienone is 3. The molecule has 13 nitrogen and oxygen atoms in total. The lowest BCUT2D eigenvalue weighted by Gasteiger charge is -2.42. The van der Waals surface area contributed by atoms with Gasteiger partial charge in [0.15, 0.2) is 5.72 Å². The van der Waals surface area contributed by atoms with E-state index < -0.39 is 71.1 Å². The number of nitrogens with zero attached hydrogens (tertiary/aromatic N) is 2. The molecule has 4 bridgehead atoms. The minimum Gasteiger partial charge on any atom is -0.495 e. The lowest BCUT2D eigenvalue weighted by atomic mass is 9.83. The molecule has 0 radical (unpaired) electrons. The number of amides is 3. The number of carbonyl (C=O) groups is 4. The first-order chi connectivity index (χ1) is 23.7. The Bertz CT molecular complexity index is 1590. The van der Waals surface area contributed by atoms with Crippen LogP contribution in [0.1, 0.15) is 66.9 Å². The SMILES string of the molecule is COc1cc2cc(c1Cl)N(C)C(=O)CC(OC(=O)[C@H](C)N(C)C(=O)C(C)(C)C)[C@@]1(C)O[C@H]1[C@H](C)[C@@H]1C[C@@](O)(NC(=O)O1)[C@H](OC)/C=C/C=C(\C)C2. The number of hydrogen-bond donors (Lipinski definition) is 2. The van der Waals surface area contributed by atoms with Gasteiger partial charge in [0, 0.05) is 39.0 Å². The molecule has 1 aromatic rings. The molecule has 0 aromatic heterocycles. The second-order valence-electron chi connectivity index (χ2n) is 15.1. The zero-order chi connectivity index (χ0) is 38.2. The minimum absolute atomic E-state index is 0.0472. The number of aliphatic hydroxyl groups is 1. The van der Waals surface area contributed by atoms with Crippen molar-refractivity contribution < 1.29 is 48.0 Å². The van der Waals surface area contributed by atoms with Crippen LogP contribution in [-0.2, 0) is 39.8 Å². The Kier molecular flexibility index (Phi) is 11.9. The molecule has 8 atom stereocenters. The molecular formula is C37H52ClN3O10. The van der Waals surface area contributed by atoms with Gasteiger partial charge in [0.1, 0.15) is 40.7 Å². The Morgan fingerprint density at radius 1 is 1.22 bits per heavy atom. The maximum atomic E-state index is 14.1. The number of rotatable bonds is 5. The second-order valence-corrected chi connectivity index (χ2v) is 15.4. The fraction of sp³-hybridized carbons (Fsp3) is 0.622. The molecular weight excluding hydrogens is 682 g/mol. The van der Waals surface area contributed by atoms with Crippen molar-refractivity contribution in [3.63, 3.8) is 0 Å². The van der Waals surface area contributed by atoms with Crippen LogP contribution in [0.3, 0.4) is 0 Å². The van der Waals surface area contributed by atoms with Crippen molar-refractivity contribution in [3.8, 4) is 5.75 Å². The van der Waals surface area contributed by atoms with Crippen molar-refractivity contribution in [1.82, 2.24) is 10.2 Å². The fourth-order valence-electron chi connectivity index (χ4n) is 6.71. The summed E-state index contributed by atoms with van der Waals surface area (Å²) in [6.45, 7) is 12.3. The van der Waals surface area contributed by atoms with E-state index in [1.807, 2.05) is 13.0 Å². The van der Waals surface area contributed by atoms with E-state index in [4.69, 9.17) is 35.3 Å². The molecule has 282 valence electrons. The number of anilines is 1. The molecule has 2 fully saturated rings. The van der Waals surface area contributed by atoms with Crippen molar-refractivity contribution in [1.29, 1.82) is 0 Å². The summed E-state index contributed by atoms with van der Waals surface area (Å²) in [5.74, 6) is -1.56. The number of methoxy groups -OCH3 is 2. The van der Waals surface area contributed by atoms with E-state index in [2.05, 4.69) is 5.32 Å². The maximum absolute atomic E-state index is 14.1. The molecule has 14 heteroatoms. The molecule has 1 aromatic carbocycles. The molecule has 3 heterocycles. The number of ether oxygens (including phenoxy) is 5. The van der Waals surface area contributed by atoms with E-state index in [1.54, 1.807) is 72.9 Å². The third kappa shape index (κ3) is 8.54. The van der Waals surface area contributed by atoms with Gasteiger partial charge in [-0.25, -0.2) is 9.59 Å². The molecule has 1 unspecified atom stereocenters. The summed E-state index contributed by atoms with van der Waals surface area (Å²) in [5.41, 5.74) is -1.64. The summed E-state index contributed by atoms with van der Waals surface area (Å²) in [7, 11) is 6.03. The first kappa shape index (κ1) is 40.1. The number of hydrogen-bond acceptors (Lipinski definition) is 10. The number of esters is 1. The van der Waals surface area contributed by atoms with Gasteiger partial charge in [0.2, 0.25) is 11.8 Å². The predicted molar refractivity (Wildman–Crippen MR) is 190 cm³/mol. The number of halogens is 1. The van der Waals surface area contributed by atoms with Gasteiger partial charge in [0.05, 0.1) is 25.3 Å². The molecule has 3 aliphatic rings. The van der Waals surface area contributed by atoms with Crippen molar-refractivity contribution in [2.75, 3.05) is 33.2 Å². The zero-order valence-corrected chi connectivity index (χ0v) is 32.1. The summed E-state index contributed by atoms with van der Waals surface area (Å²) < 4.78 is 29.2. The van der Waals surface area contributed by atoms with Crippen LogP contribution in [-0.4, -0.2) is 104 Å². The van der Waals surface area contributed by atoms with Crippen LogP contribution in [0.4, 0.5) is 10.5 Å². The highest BCUT2D eigenvalue weighted by Crippen LogP contribution is 2.49. The summed E-state index contributed by atoms with van der Waals surface area (Å²) in [5, 5.41) is 14.4. The van der Waals surface area contributed by atoms with Gasteiger partial charge in [0.25, 0.3) is 0 Å². The number of epoxide rings is 1. The van der Waals surface area contributed by atoms with Crippen LogP contribution in [0.2, 0.25) is 5.02 Å². The number of likely N-dealkylation sites (N-methyl/N-ethyl adjacent to an activating group) is 1. The van der Waals surface area contributed by atoms with Gasteiger partial charge in [-0.1, -0.05) is 63.1 Å². The van der Waals surface area contributed by atoms with Crippen molar-refractivity contribution in [3.05, 3.63) is 46.5 Å². The monoisotopic (exact) mass is 733 g/mol. The molecule has 0 saturated carbocycles. The summed E-state index contributed by atoms with van der Waals surface area (Å²) in [6, 6.07) is 2.61. The average Bonchev–Trinajstić information content (AvgIpc) is 3.75. The first-order valence-electron chi connectivity index (χ1n) is 17.0. The standard InChI is InChI=1S/C37H52ClN3O10/c1-20-13-12-14-27(48-11)37(46)19-26(49-34(45)39-37)21(2)31-36(7,51-31)28(50-32(43)22(3)40(8)33(44)35(4,5)6)18-29(42)41(9)24-16-23(15-20)17-25(47-10)30(24)38/h12-14,16-17,21-22,26-28,31,46H,15,18-19H2,1-11H3,(H,39,45)/b14-12+,20-13+/t21-,22+,26+,27-,28?,31+,36-,37+/m1/s1. The van der Waals surface area contributed by atoms with Gasteiger partial charge < -0.3 is 38.6 Å². The Labute approximate surface area is 305 Å². The normalized spacial score (nSPS) is 32.3. The number of benzene rings is 1. The molecule has 0 aliphatic carbocycles. The lowest BCUT2D eigenvalue weighted by molar-refractivity contribution is -0.163. The van der Waals surface area contributed by atoms with Crippen LogP contribution in [0.5, 0.6) is 5.75 Å². The summed E-state index contributed by atoms with van der Waals surface area (Å²) >= 11 is 6.75. The Morgan fingerprint density at radius 2 is 1.88 bits per heavy atom. The summed E-state index contributed by atoms with van der Waals surface area (Å²) in [6.07, 6.45) is 0.973. The topological polar surface area (TPSA) is 156 Å². The number of alkyl carbamates (subject to hydrolysis) is 1. The lowest BCUT2D eigenvalue weighted by Crippen LogP contribution is -2.63. The van der Waals surface area contributed by atoms with Crippen molar-refractivity contribution >= 4 is 41.2 Å². The van der Waals surface area contributed by atoms with Crippen LogP contribution in [0.15, 0.2) is 35.9 Å². The smallest absolute Gasteiger partial charge is 0.409 e. The van der Waals surface area contributed by atoms with Gasteiger partial charge in [-0.05, 0) is 44.9 Å². The molecule has 51 heavy (non-hydrogen) atoms. The zero-order valence-electron chi connectivity index (χ0n) is 31.4.